The van der Waals surface area contributed by atoms with Crippen LogP contribution < -0.4 is 5.32 Å². The van der Waals surface area contributed by atoms with Crippen LogP contribution in [-0.4, -0.2) is 27.5 Å². The number of nitrogens with zero attached hydrogens (tertiary/aromatic N) is 2. The summed E-state index contributed by atoms with van der Waals surface area (Å²) < 4.78 is 46.2. The first-order valence-corrected chi connectivity index (χ1v) is 13.8. The molecule has 2 fully saturated rings. The third kappa shape index (κ3) is 5.45. The molecule has 1 amide bonds. The van der Waals surface area contributed by atoms with Gasteiger partial charge in [0.2, 0.25) is 0 Å². The molecule has 212 valence electrons. The second kappa shape index (κ2) is 10.4. The van der Waals surface area contributed by atoms with Crippen molar-refractivity contribution < 1.29 is 27.5 Å². The molecule has 2 aromatic heterocycles. The molecule has 2 aromatic carbocycles. The van der Waals surface area contributed by atoms with Crippen LogP contribution in [0, 0.1) is 11.3 Å². The van der Waals surface area contributed by atoms with Crippen molar-refractivity contribution in [2.24, 2.45) is 11.3 Å². The van der Waals surface area contributed by atoms with E-state index in [-0.39, 0.29) is 35.4 Å². The molecule has 2 heterocycles. The van der Waals surface area contributed by atoms with Crippen LogP contribution in [0.4, 0.5) is 13.2 Å². The predicted octanol–water partition coefficient (Wildman–Crippen LogP) is 6.54. The summed E-state index contributed by atoms with van der Waals surface area (Å²) in [5.41, 5.74) is 2.92. The number of amides is 1. The third-order valence-corrected chi connectivity index (χ3v) is 8.49. The van der Waals surface area contributed by atoms with Crippen LogP contribution in [0.5, 0.6) is 0 Å². The number of ether oxygens (including phenoxy) is 1. The van der Waals surface area contributed by atoms with Crippen LogP contribution in [0.25, 0.3) is 5.52 Å². The Morgan fingerprint density at radius 1 is 1.02 bits per heavy atom. The highest BCUT2D eigenvalue weighted by molar-refractivity contribution is 6.01. The summed E-state index contributed by atoms with van der Waals surface area (Å²) >= 11 is 0. The molecular weight excluding hydrogens is 531 g/mol. The van der Waals surface area contributed by atoms with Crippen molar-refractivity contribution in [2.75, 3.05) is 0 Å². The maximum atomic E-state index is 13.3. The van der Waals surface area contributed by atoms with E-state index >= 15 is 0 Å². The van der Waals surface area contributed by atoms with Gasteiger partial charge in [-0.25, -0.2) is 4.52 Å². The molecule has 2 saturated carbocycles. The highest BCUT2D eigenvalue weighted by atomic mass is 19.4. The molecule has 0 saturated heterocycles. The lowest BCUT2D eigenvalue weighted by atomic mass is 9.50. The van der Waals surface area contributed by atoms with Crippen molar-refractivity contribution in [1.82, 2.24) is 14.9 Å². The van der Waals surface area contributed by atoms with E-state index in [1.165, 1.54) is 18.3 Å². The number of halogens is 3. The Morgan fingerprint density at radius 3 is 2.41 bits per heavy atom. The number of esters is 1. The van der Waals surface area contributed by atoms with Crippen LogP contribution in [0.15, 0.2) is 79.1 Å². The Balaban J connectivity index is 1.05. The lowest BCUT2D eigenvalue weighted by Gasteiger charge is -2.57. The molecule has 6 rings (SSSR count). The van der Waals surface area contributed by atoms with E-state index in [2.05, 4.69) is 10.4 Å². The van der Waals surface area contributed by atoms with Gasteiger partial charge in [-0.05, 0) is 79.3 Å². The number of benzene rings is 2. The van der Waals surface area contributed by atoms with E-state index in [9.17, 15) is 22.8 Å². The Morgan fingerprint density at radius 2 is 1.73 bits per heavy atom. The molecule has 9 heteroatoms. The van der Waals surface area contributed by atoms with Gasteiger partial charge in [0.05, 0.1) is 28.8 Å². The molecule has 0 unspecified atom stereocenters. The SMILES string of the molecule is C[C@H](OC(=O)[C@H]1CC2(C[C@H](NC(=O)c3cnn4cccc(Cc5ccc(C(F)(F)F)cc5)c34)C2)C1)c1ccccc1. The minimum atomic E-state index is -4.39. The Hall–Kier alpha value is -4.14. The number of aromatic nitrogens is 2. The van der Waals surface area contributed by atoms with Crippen LogP contribution in [0.2, 0.25) is 0 Å². The maximum Gasteiger partial charge on any atom is 0.416 e. The van der Waals surface area contributed by atoms with Crippen LogP contribution in [-0.2, 0) is 22.1 Å². The number of pyridine rings is 1. The highest BCUT2D eigenvalue weighted by Gasteiger charge is 2.55. The first-order chi connectivity index (χ1) is 19.6. The zero-order valence-corrected chi connectivity index (χ0v) is 22.5. The van der Waals surface area contributed by atoms with E-state index in [0.717, 1.165) is 48.9 Å². The number of fused-ring (bicyclic) bond motifs is 1. The molecule has 0 radical (unpaired) electrons. The second-order valence-electron chi connectivity index (χ2n) is 11.4. The molecule has 41 heavy (non-hydrogen) atoms. The fourth-order valence-corrected chi connectivity index (χ4v) is 6.35. The van der Waals surface area contributed by atoms with E-state index < -0.39 is 11.7 Å². The zero-order chi connectivity index (χ0) is 28.8. The molecule has 6 nitrogen and oxygen atoms in total. The number of hydrogen-bond acceptors (Lipinski definition) is 4. The summed E-state index contributed by atoms with van der Waals surface area (Å²) in [7, 11) is 0. The summed E-state index contributed by atoms with van der Waals surface area (Å²) in [5.74, 6) is -0.497. The van der Waals surface area contributed by atoms with Gasteiger partial charge in [0, 0.05) is 12.2 Å². The standard InChI is InChI=1S/C32H30F3N3O3/c1-20(22-6-3-2-4-7-22)41-30(40)24-15-31(16-24)17-26(18-31)37-29(39)27-19-36-38-13-5-8-23(28(27)38)14-21-9-11-25(12-10-21)32(33,34)35/h2-13,19-20,24,26H,14-18H2,1H3,(H,37,39)/t20-,24-,26-,31?/m0/s1. The molecule has 2 aliphatic carbocycles. The van der Waals surface area contributed by atoms with Crippen molar-refractivity contribution in [2.45, 2.75) is 57.3 Å². The average Bonchev–Trinajstić information content (AvgIpc) is 3.35. The monoisotopic (exact) mass is 561 g/mol. The summed E-state index contributed by atoms with van der Waals surface area (Å²) in [6.07, 6.45) is 2.13. The topological polar surface area (TPSA) is 72.7 Å². The number of hydrogen-bond donors (Lipinski definition) is 1. The molecule has 0 bridgehead atoms. The minimum absolute atomic E-state index is 0.0136. The van der Waals surface area contributed by atoms with E-state index in [0.29, 0.717) is 23.1 Å². The van der Waals surface area contributed by atoms with Gasteiger partial charge in [-0.2, -0.15) is 18.3 Å². The van der Waals surface area contributed by atoms with E-state index in [1.54, 1.807) is 16.8 Å². The van der Waals surface area contributed by atoms with Crippen molar-refractivity contribution in [3.05, 3.63) is 107 Å². The molecule has 2 aliphatic rings. The Labute approximate surface area is 235 Å². The van der Waals surface area contributed by atoms with Gasteiger partial charge in [-0.15, -0.1) is 0 Å². The van der Waals surface area contributed by atoms with Gasteiger partial charge >= 0.3 is 12.1 Å². The van der Waals surface area contributed by atoms with Crippen molar-refractivity contribution in [1.29, 1.82) is 0 Å². The van der Waals surface area contributed by atoms with Gasteiger partial charge in [0.15, 0.2) is 0 Å². The summed E-state index contributed by atoms with van der Waals surface area (Å²) in [4.78, 5) is 25.9. The number of alkyl halides is 3. The fourth-order valence-electron chi connectivity index (χ4n) is 6.35. The van der Waals surface area contributed by atoms with Crippen LogP contribution in [0.3, 0.4) is 0 Å². The maximum absolute atomic E-state index is 13.3. The lowest BCUT2D eigenvalue weighted by molar-refractivity contribution is -0.167. The van der Waals surface area contributed by atoms with Gasteiger partial charge in [0.25, 0.3) is 5.91 Å². The van der Waals surface area contributed by atoms with Crippen LogP contribution in [0.1, 0.15) is 71.3 Å². The van der Waals surface area contributed by atoms with Crippen molar-refractivity contribution in [3.8, 4) is 0 Å². The summed E-state index contributed by atoms with van der Waals surface area (Å²) in [6, 6.07) is 18.4. The van der Waals surface area contributed by atoms with Crippen molar-refractivity contribution >= 4 is 17.4 Å². The van der Waals surface area contributed by atoms with Crippen molar-refractivity contribution in [3.63, 3.8) is 0 Å². The Bertz CT molecular complexity index is 1570. The molecular formula is C32H30F3N3O3. The van der Waals surface area contributed by atoms with E-state index in [4.69, 9.17) is 4.74 Å². The molecule has 1 atom stereocenters. The fraction of sp³-hybridized carbons (Fsp3) is 0.344. The summed E-state index contributed by atoms with van der Waals surface area (Å²) in [6.45, 7) is 1.88. The van der Waals surface area contributed by atoms with Crippen LogP contribution >= 0.6 is 0 Å². The highest BCUT2D eigenvalue weighted by Crippen LogP contribution is 2.59. The van der Waals surface area contributed by atoms with Gasteiger partial charge < -0.3 is 10.1 Å². The van der Waals surface area contributed by atoms with Gasteiger partial charge in [0.1, 0.15) is 6.10 Å². The largest absolute Gasteiger partial charge is 0.458 e. The third-order valence-electron chi connectivity index (χ3n) is 8.49. The number of rotatable bonds is 7. The van der Waals surface area contributed by atoms with E-state index in [1.807, 2.05) is 43.3 Å². The smallest absolute Gasteiger partial charge is 0.416 e. The normalized spacial score (nSPS) is 22.5. The number of carbonyl (C=O) groups is 2. The number of nitrogens with one attached hydrogen (secondary N) is 1. The summed E-state index contributed by atoms with van der Waals surface area (Å²) in [5, 5.41) is 7.44. The minimum Gasteiger partial charge on any atom is -0.458 e. The Kier molecular flexibility index (Phi) is 6.83. The molecule has 4 aromatic rings. The van der Waals surface area contributed by atoms with Gasteiger partial charge in [-0.3, -0.25) is 9.59 Å². The molecule has 0 aliphatic heterocycles. The first-order valence-electron chi connectivity index (χ1n) is 13.8. The number of carbonyl (C=O) groups excluding carboxylic acids is 2. The average molecular weight is 562 g/mol. The second-order valence-corrected chi connectivity index (χ2v) is 11.4. The predicted molar refractivity (Wildman–Crippen MR) is 146 cm³/mol. The zero-order valence-electron chi connectivity index (χ0n) is 22.5. The quantitative estimate of drug-likeness (QED) is 0.260. The lowest BCUT2D eigenvalue weighted by Crippen LogP contribution is -2.57. The molecule has 1 spiro atoms. The first kappa shape index (κ1) is 27.1. The van der Waals surface area contributed by atoms with Gasteiger partial charge in [-0.1, -0.05) is 48.5 Å². The molecule has 1 N–H and O–H groups in total.